The zero-order valence-corrected chi connectivity index (χ0v) is 12.3. The van der Waals surface area contributed by atoms with E-state index in [1.54, 1.807) is 12.1 Å². The van der Waals surface area contributed by atoms with Crippen LogP contribution in [0.3, 0.4) is 0 Å². The van der Waals surface area contributed by atoms with Gasteiger partial charge in [0.25, 0.3) is 0 Å². The van der Waals surface area contributed by atoms with Crippen molar-refractivity contribution < 1.29 is 9.38 Å². The first-order valence-corrected chi connectivity index (χ1v) is 7.73. The van der Waals surface area contributed by atoms with E-state index in [-0.39, 0.29) is 5.82 Å². The topological polar surface area (TPSA) is 38.0 Å². The third kappa shape index (κ3) is 3.55. The maximum Gasteiger partial charge on any atom is 0.343 e. The van der Waals surface area contributed by atoms with Crippen molar-refractivity contribution in [3.05, 3.63) is 59.9 Å². The summed E-state index contributed by atoms with van der Waals surface area (Å²) in [6, 6.07) is 14.9. The van der Waals surface area contributed by atoms with Gasteiger partial charge in [0.15, 0.2) is 0 Å². The molecule has 1 aliphatic rings. The van der Waals surface area contributed by atoms with E-state index in [1.807, 2.05) is 24.3 Å². The molecule has 21 heavy (non-hydrogen) atoms. The first-order valence-electron chi connectivity index (χ1n) is 6.92. The molecule has 0 radical (unpaired) electrons. The van der Waals surface area contributed by atoms with Gasteiger partial charge in [0.05, 0.1) is 19.6 Å². The van der Waals surface area contributed by atoms with Crippen LogP contribution in [0.5, 0.6) is 0 Å². The molecule has 0 aromatic heterocycles. The van der Waals surface area contributed by atoms with Gasteiger partial charge in [-0.3, -0.25) is 15.6 Å². The molecule has 0 aliphatic carbocycles. The minimum Gasteiger partial charge on any atom is -0.275 e. The molecule has 3 rings (SSSR count). The number of guanidine groups is 1. The number of halogens is 1. The van der Waals surface area contributed by atoms with Gasteiger partial charge in [-0.25, -0.2) is 4.39 Å². The van der Waals surface area contributed by atoms with Gasteiger partial charge in [0.2, 0.25) is 0 Å². The predicted octanol–water partition coefficient (Wildman–Crippen LogP) is 1.11. The van der Waals surface area contributed by atoms with Crippen LogP contribution < -0.4 is 15.6 Å². The Morgan fingerprint density at radius 2 is 1.86 bits per heavy atom. The summed E-state index contributed by atoms with van der Waals surface area (Å²) in [6.07, 6.45) is 0. The minimum absolute atomic E-state index is 0.182. The molecule has 0 amide bonds. The lowest BCUT2D eigenvalue weighted by Crippen LogP contribution is -2.73. The molecule has 0 bridgehead atoms. The van der Waals surface area contributed by atoms with Crippen LogP contribution in [0.25, 0.3) is 0 Å². The van der Waals surface area contributed by atoms with Crippen LogP contribution in [-0.2, 0) is 6.54 Å². The second kappa shape index (κ2) is 6.63. The number of hydrogen-bond acceptors (Lipinski definition) is 3. The fourth-order valence-electron chi connectivity index (χ4n) is 2.14. The number of rotatable bonds is 4. The van der Waals surface area contributed by atoms with Crippen LogP contribution in [0.1, 0.15) is 5.56 Å². The van der Waals surface area contributed by atoms with Crippen molar-refractivity contribution in [1.29, 1.82) is 0 Å². The lowest BCUT2D eigenvalue weighted by molar-refractivity contribution is -0.446. The van der Waals surface area contributed by atoms with E-state index < -0.39 is 0 Å². The highest BCUT2D eigenvalue weighted by Crippen LogP contribution is 2.31. The van der Waals surface area contributed by atoms with Gasteiger partial charge in [-0.05, 0) is 23.8 Å². The van der Waals surface area contributed by atoms with Crippen LogP contribution in [0.15, 0.2) is 58.3 Å². The Hall–Kier alpha value is -2.01. The van der Waals surface area contributed by atoms with E-state index in [2.05, 4.69) is 21.7 Å². The Labute approximate surface area is 127 Å². The summed E-state index contributed by atoms with van der Waals surface area (Å²) >= 11 is 1.46. The van der Waals surface area contributed by atoms with Gasteiger partial charge in [-0.1, -0.05) is 42.1 Å². The maximum atomic E-state index is 13.8. The van der Waals surface area contributed by atoms with Crippen LogP contribution in [-0.4, -0.2) is 19.0 Å². The number of hydrogen-bond donors (Lipinski definition) is 3. The summed E-state index contributed by atoms with van der Waals surface area (Å²) in [4.78, 5) is 4.94. The monoisotopic (exact) mass is 302 g/mol. The van der Waals surface area contributed by atoms with Crippen LogP contribution in [0.2, 0.25) is 0 Å². The third-order valence-corrected chi connectivity index (χ3v) is 4.38. The Morgan fingerprint density at radius 3 is 2.62 bits per heavy atom. The van der Waals surface area contributed by atoms with Crippen LogP contribution in [0.4, 0.5) is 4.39 Å². The summed E-state index contributed by atoms with van der Waals surface area (Å²) in [5, 5.41) is 6.56. The van der Waals surface area contributed by atoms with E-state index in [4.69, 9.17) is 0 Å². The third-order valence-electron chi connectivity index (χ3n) is 3.21. The van der Waals surface area contributed by atoms with Crippen molar-refractivity contribution in [2.45, 2.75) is 16.3 Å². The molecule has 0 spiro atoms. The summed E-state index contributed by atoms with van der Waals surface area (Å²) in [5.74, 6) is 0.777. The summed E-state index contributed by atoms with van der Waals surface area (Å²) in [6.45, 7) is 2.58. The highest BCUT2D eigenvalue weighted by molar-refractivity contribution is 7.99. The SMILES string of the molecule is Fc1ccccc1Sc1ccccc1CNC1=[NH+]CCN1. The fraction of sp³-hybridized carbons (Fsp3) is 0.188. The van der Waals surface area contributed by atoms with Crippen molar-refractivity contribution in [2.75, 3.05) is 13.1 Å². The lowest BCUT2D eigenvalue weighted by atomic mass is 10.2. The van der Waals surface area contributed by atoms with Gasteiger partial charge < -0.3 is 0 Å². The maximum absolute atomic E-state index is 13.8. The molecule has 0 fully saturated rings. The lowest BCUT2D eigenvalue weighted by Gasteiger charge is -2.09. The number of benzene rings is 2. The van der Waals surface area contributed by atoms with Gasteiger partial charge >= 0.3 is 5.96 Å². The molecule has 0 atom stereocenters. The highest BCUT2D eigenvalue weighted by Gasteiger charge is 2.13. The smallest absolute Gasteiger partial charge is 0.275 e. The van der Waals surface area contributed by atoms with E-state index in [0.29, 0.717) is 11.4 Å². The van der Waals surface area contributed by atoms with E-state index >= 15 is 0 Å². The van der Waals surface area contributed by atoms with Crippen molar-refractivity contribution in [3.63, 3.8) is 0 Å². The molecule has 5 heteroatoms. The molecule has 3 N–H and O–H groups in total. The Bertz CT molecular complexity index is 657. The zero-order chi connectivity index (χ0) is 14.5. The molecule has 0 unspecified atom stereocenters. The van der Waals surface area contributed by atoms with Gasteiger partial charge in [-0.15, -0.1) is 0 Å². The molecular formula is C16H17FN3S+. The second-order valence-corrected chi connectivity index (χ2v) is 5.81. The zero-order valence-electron chi connectivity index (χ0n) is 11.5. The molecule has 0 saturated heterocycles. The average molecular weight is 302 g/mol. The van der Waals surface area contributed by atoms with Gasteiger partial charge in [0.1, 0.15) is 5.82 Å². The Balaban J connectivity index is 1.74. The predicted molar refractivity (Wildman–Crippen MR) is 82.6 cm³/mol. The largest absolute Gasteiger partial charge is 0.343 e. The molecule has 3 nitrogen and oxygen atoms in total. The first kappa shape index (κ1) is 13.9. The first-order chi connectivity index (χ1) is 10.3. The van der Waals surface area contributed by atoms with Crippen LogP contribution in [0, 0.1) is 5.82 Å². The van der Waals surface area contributed by atoms with E-state index in [1.165, 1.54) is 17.8 Å². The highest BCUT2D eigenvalue weighted by atomic mass is 32.2. The average Bonchev–Trinajstić information content (AvgIpc) is 3.02. The fourth-order valence-corrected chi connectivity index (χ4v) is 3.11. The normalized spacial score (nSPS) is 13.7. The summed E-state index contributed by atoms with van der Waals surface area (Å²) in [7, 11) is 0. The molecule has 1 aliphatic heterocycles. The van der Waals surface area contributed by atoms with Crippen molar-refractivity contribution in [3.8, 4) is 0 Å². The number of nitrogens with one attached hydrogen (secondary N) is 3. The van der Waals surface area contributed by atoms with Crippen molar-refractivity contribution in [1.82, 2.24) is 10.6 Å². The molecule has 2 aromatic rings. The molecule has 108 valence electrons. The summed E-state index contributed by atoms with van der Waals surface area (Å²) < 4.78 is 13.8. The van der Waals surface area contributed by atoms with Crippen LogP contribution >= 0.6 is 11.8 Å². The quantitative estimate of drug-likeness (QED) is 0.792. The van der Waals surface area contributed by atoms with Crippen molar-refractivity contribution >= 4 is 17.7 Å². The van der Waals surface area contributed by atoms with Crippen molar-refractivity contribution in [2.24, 2.45) is 0 Å². The Kier molecular flexibility index (Phi) is 4.40. The Morgan fingerprint density at radius 1 is 1.10 bits per heavy atom. The molecule has 0 saturated carbocycles. The van der Waals surface area contributed by atoms with E-state index in [0.717, 1.165) is 29.5 Å². The second-order valence-electron chi connectivity index (χ2n) is 4.72. The molecule has 1 heterocycles. The van der Waals surface area contributed by atoms with E-state index in [9.17, 15) is 4.39 Å². The molecule has 2 aromatic carbocycles. The van der Waals surface area contributed by atoms with Gasteiger partial charge in [-0.2, -0.15) is 0 Å². The minimum atomic E-state index is -0.182. The standard InChI is InChI=1S/C16H16FN3S/c17-13-6-2-4-8-15(13)21-14-7-3-1-5-12(14)11-20-16-18-9-10-19-16/h1-8H,9-11H2,(H2,18,19,20)/p+1. The van der Waals surface area contributed by atoms with Gasteiger partial charge in [0, 0.05) is 9.79 Å². The molecular weight excluding hydrogens is 285 g/mol. The summed E-state index contributed by atoms with van der Waals surface area (Å²) in [5.41, 5.74) is 1.15.